The Morgan fingerprint density at radius 1 is 0.261 bits per heavy atom. The normalized spacial score (nSPS) is 11.9. The van der Waals surface area contributed by atoms with E-state index in [1.54, 1.807) is 0 Å². The second-order valence-corrected chi connectivity index (χ2v) is 14.2. The quantitative estimate of drug-likeness (QED) is 0.173. The first-order chi connectivity index (χ1) is 22.8. The summed E-state index contributed by atoms with van der Waals surface area (Å²) in [6, 6.07) is 58.3. The molecule has 0 nitrogen and oxygen atoms in total. The molecule has 0 atom stereocenters. The minimum absolute atomic E-state index is 1.23. The Labute approximate surface area is 274 Å². The van der Waals surface area contributed by atoms with Gasteiger partial charge in [0.2, 0.25) is 0 Å². The summed E-state index contributed by atoms with van der Waals surface area (Å²) in [5.41, 5.74) is 7.58. The highest BCUT2D eigenvalue weighted by molar-refractivity contribution is 7.28. The summed E-state index contributed by atoms with van der Waals surface area (Å²) in [5.74, 6) is 0. The molecule has 10 rings (SSSR count). The van der Waals surface area contributed by atoms with Gasteiger partial charge in [-0.3, -0.25) is 0 Å². The van der Waals surface area contributed by atoms with Crippen molar-refractivity contribution < 1.29 is 0 Å². The second kappa shape index (κ2) is 10.1. The fourth-order valence-corrected chi connectivity index (χ4v) is 9.66. The van der Waals surface area contributed by atoms with E-state index in [9.17, 15) is 0 Å². The van der Waals surface area contributed by atoms with Gasteiger partial charge in [0, 0.05) is 40.3 Å². The van der Waals surface area contributed by atoms with Crippen molar-refractivity contribution in [3.8, 4) is 33.4 Å². The predicted molar refractivity (Wildman–Crippen MR) is 204 cm³/mol. The van der Waals surface area contributed by atoms with Gasteiger partial charge >= 0.3 is 0 Å². The molecule has 0 aliphatic rings. The molecule has 46 heavy (non-hydrogen) atoms. The van der Waals surface area contributed by atoms with E-state index in [0.29, 0.717) is 0 Å². The highest BCUT2D eigenvalue weighted by Gasteiger charge is 2.19. The van der Waals surface area contributed by atoms with Crippen LogP contribution in [-0.4, -0.2) is 0 Å². The molecule has 0 unspecified atom stereocenters. The zero-order chi connectivity index (χ0) is 30.2. The number of benzene rings is 8. The van der Waals surface area contributed by atoms with Crippen molar-refractivity contribution in [2.45, 2.75) is 0 Å². The van der Waals surface area contributed by atoms with Crippen LogP contribution in [0.5, 0.6) is 0 Å². The van der Waals surface area contributed by atoms with Crippen LogP contribution in [0.2, 0.25) is 0 Å². The van der Waals surface area contributed by atoms with Gasteiger partial charge in [0.05, 0.1) is 0 Å². The third kappa shape index (κ3) is 3.84. The molecule has 0 aliphatic carbocycles. The van der Waals surface area contributed by atoms with E-state index in [1.807, 2.05) is 22.7 Å². The van der Waals surface area contributed by atoms with Gasteiger partial charge < -0.3 is 0 Å². The minimum Gasteiger partial charge on any atom is -0.135 e. The number of hydrogen-bond acceptors (Lipinski definition) is 2. The molecule has 0 saturated heterocycles. The Bertz CT molecular complexity index is 2720. The summed E-state index contributed by atoms with van der Waals surface area (Å²) in [4.78, 5) is 0. The molecule has 0 saturated carbocycles. The Kier molecular flexibility index (Phi) is 5.72. The maximum atomic E-state index is 2.46. The van der Waals surface area contributed by atoms with Crippen molar-refractivity contribution in [2.75, 3.05) is 0 Å². The molecule has 0 amide bonds. The Morgan fingerprint density at radius 2 is 0.674 bits per heavy atom. The maximum Gasteiger partial charge on any atom is 0.0362 e. The van der Waals surface area contributed by atoms with Crippen LogP contribution in [0.4, 0.5) is 0 Å². The van der Waals surface area contributed by atoms with E-state index in [4.69, 9.17) is 0 Å². The van der Waals surface area contributed by atoms with Crippen molar-refractivity contribution in [3.05, 3.63) is 158 Å². The number of fused-ring (bicyclic) bond motifs is 9. The first kappa shape index (κ1) is 26.0. The minimum atomic E-state index is 1.23. The lowest BCUT2D eigenvalue weighted by atomic mass is 9.85. The molecule has 0 radical (unpaired) electrons. The standard InChI is InChI=1S/C44H26S2/c1-2-10-27(11-3-1)28-18-20-29(21-19-28)41-31-12-4-6-14-33(31)42(34-15-7-5-13-32(34)41)30-22-23-38-36(26-30)44-40(46-38)25-24-39-43(44)35-16-8-9-17-37(35)45-39/h1-26H. The van der Waals surface area contributed by atoms with Crippen LogP contribution < -0.4 is 0 Å². The van der Waals surface area contributed by atoms with Gasteiger partial charge in [0.25, 0.3) is 0 Å². The van der Waals surface area contributed by atoms with Gasteiger partial charge in [-0.05, 0) is 85.3 Å². The van der Waals surface area contributed by atoms with Crippen molar-refractivity contribution >= 4 is 84.6 Å². The van der Waals surface area contributed by atoms with Gasteiger partial charge in [-0.15, -0.1) is 22.7 Å². The molecule has 214 valence electrons. The van der Waals surface area contributed by atoms with Crippen LogP contribution >= 0.6 is 22.7 Å². The number of hydrogen-bond donors (Lipinski definition) is 0. The molecule has 8 aromatic carbocycles. The molecular weight excluding hydrogens is 593 g/mol. The second-order valence-electron chi connectivity index (χ2n) is 12.0. The summed E-state index contributed by atoms with van der Waals surface area (Å²) >= 11 is 3.80. The Morgan fingerprint density at radius 3 is 1.30 bits per heavy atom. The van der Waals surface area contributed by atoms with Crippen molar-refractivity contribution in [2.24, 2.45) is 0 Å². The maximum absolute atomic E-state index is 2.46. The Hall–Kier alpha value is -5.28. The van der Waals surface area contributed by atoms with E-state index >= 15 is 0 Å². The Balaban J connectivity index is 1.25. The largest absolute Gasteiger partial charge is 0.135 e. The molecular formula is C44H26S2. The third-order valence-corrected chi connectivity index (χ3v) is 11.7. The van der Waals surface area contributed by atoms with Crippen molar-refractivity contribution in [3.63, 3.8) is 0 Å². The smallest absolute Gasteiger partial charge is 0.0362 e. The lowest BCUT2D eigenvalue weighted by Gasteiger charge is -2.18. The van der Waals surface area contributed by atoms with E-state index in [0.717, 1.165) is 0 Å². The molecule has 0 N–H and O–H groups in total. The fourth-order valence-electron chi connectivity index (χ4n) is 7.45. The lowest BCUT2D eigenvalue weighted by Crippen LogP contribution is -1.91. The van der Waals surface area contributed by atoms with Crippen LogP contribution in [0.1, 0.15) is 0 Å². The average molecular weight is 619 g/mol. The van der Waals surface area contributed by atoms with E-state index in [1.165, 1.54) is 95.3 Å². The third-order valence-electron chi connectivity index (χ3n) is 9.47. The van der Waals surface area contributed by atoms with Gasteiger partial charge in [-0.2, -0.15) is 0 Å². The summed E-state index contributed by atoms with van der Waals surface area (Å²) in [7, 11) is 0. The number of rotatable bonds is 3. The molecule has 2 aromatic heterocycles. The molecule has 10 aromatic rings. The lowest BCUT2D eigenvalue weighted by molar-refractivity contribution is 1.61. The first-order valence-corrected chi connectivity index (χ1v) is 17.3. The fraction of sp³-hybridized carbons (Fsp3) is 0. The first-order valence-electron chi connectivity index (χ1n) is 15.7. The van der Waals surface area contributed by atoms with Gasteiger partial charge in [-0.1, -0.05) is 127 Å². The van der Waals surface area contributed by atoms with Crippen LogP contribution in [0, 0.1) is 0 Å². The molecule has 0 spiro atoms. The highest BCUT2D eigenvalue weighted by atomic mass is 32.1. The van der Waals surface area contributed by atoms with Crippen LogP contribution in [0.15, 0.2) is 158 Å². The van der Waals surface area contributed by atoms with Crippen molar-refractivity contribution in [1.29, 1.82) is 0 Å². The van der Waals surface area contributed by atoms with Crippen LogP contribution in [0.25, 0.3) is 95.3 Å². The van der Waals surface area contributed by atoms with Gasteiger partial charge in [0.15, 0.2) is 0 Å². The molecule has 2 heterocycles. The summed E-state index contributed by atoms with van der Waals surface area (Å²) in [5, 5.41) is 10.6. The molecule has 2 heteroatoms. The predicted octanol–water partition coefficient (Wildman–Crippen LogP) is 13.7. The monoisotopic (exact) mass is 618 g/mol. The van der Waals surface area contributed by atoms with Crippen LogP contribution in [0.3, 0.4) is 0 Å². The molecule has 0 bridgehead atoms. The number of thiophene rings is 2. The van der Waals surface area contributed by atoms with Gasteiger partial charge in [-0.25, -0.2) is 0 Å². The zero-order valence-corrected chi connectivity index (χ0v) is 26.5. The topological polar surface area (TPSA) is 0 Å². The average Bonchev–Trinajstić information content (AvgIpc) is 3.69. The van der Waals surface area contributed by atoms with E-state index < -0.39 is 0 Å². The molecule has 0 aliphatic heterocycles. The zero-order valence-electron chi connectivity index (χ0n) is 24.8. The van der Waals surface area contributed by atoms with Crippen molar-refractivity contribution in [1.82, 2.24) is 0 Å². The van der Waals surface area contributed by atoms with Gasteiger partial charge in [0.1, 0.15) is 0 Å². The summed E-state index contributed by atoms with van der Waals surface area (Å²) in [6.45, 7) is 0. The summed E-state index contributed by atoms with van der Waals surface area (Å²) in [6.07, 6.45) is 0. The van der Waals surface area contributed by atoms with E-state index in [2.05, 4.69) is 158 Å². The van der Waals surface area contributed by atoms with Crippen LogP contribution in [-0.2, 0) is 0 Å². The summed E-state index contributed by atoms with van der Waals surface area (Å²) < 4.78 is 5.40. The molecule has 0 fully saturated rings. The van der Waals surface area contributed by atoms with E-state index in [-0.39, 0.29) is 0 Å². The SMILES string of the molecule is c1ccc(-c2ccc(-c3c4ccccc4c(-c4ccc5sc6ccc7sc8ccccc8c7c6c5c4)c4ccccc34)cc2)cc1. The highest BCUT2D eigenvalue weighted by Crippen LogP contribution is 2.48.